The van der Waals surface area contributed by atoms with Crippen molar-refractivity contribution in [3.8, 4) is 0 Å². The first-order valence-corrected chi connectivity index (χ1v) is 9.88. The van der Waals surface area contributed by atoms with Gasteiger partial charge in [0.25, 0.3) is 5.91 Å². The van der Waals surface area contributed by atoms with Crippen molar-refractivity contribution in [2.45, 2.75) is 24.8 Å². The van der Waals surface area contributed by atoms with E-state index >= 15 is 0 Å². The van der Waals surface area contributed by atoms with E-state index in [4.69, 9.17) is 16.6 Å². The number of anilines is 1. The number of hydrogen-bond donors (Lipinski definition) is 1. The number of hydrazine groups is 1. The van der Waals surface area contributed by atoms with E-state index < -0.39 is 5.54 Å². The Bertz CT molecular complexity index is 852. The molecule has 0 aromatic heterocycles. The Hall–Kier alpha value is -1.98. The molecule has 1 N–H and O–H groups in total. The van der Waals surface area contributed by atoms with Gasteiger partial charge in [-0.15, -0.1) is 0 Å². The number of thioether (sulfide) groups is 1. The second-order valence-corrected chi connectivity index (χ2v) is 7.49. The highest BCUT2D eigenvalue weighted by atomic mass is 35.5. The zero-order valence-corrected chi connectivity index (χ0v) is 15.5. The van der Waals surface area contributed by atoms with Crippen LogP contribution in [-0.2, 0) is 16.8 Å². The van der Waals surface area contributed by atoms with Crippen LogP contribution in [0.2, 0.25) is 5.02 Å². The Balaban J connectivity index is 1.72. The second-order valence-electron chi connectivity index (χ2n) is 6.25. The van der Waals surface area contributed by atoms with Gasteiger partial charge < -0.3 is 0 Å². The predicted octanol–water partition coefficient (Wildman–Crippen LogP) is 3.50. The molecule has 2 aliphatic rings. The third-order valence-corrected chi connectivity index (χ3v) is 5.67. The second kappa shape index (κ2) is 6.39. The summed E-state index contributed by atoms with van der Waals surface area (Å²) in [5, 5.41) is 3.06. The Morgan fingerprint density at radius 2 is 1.96 bits per heavy atom. The summed E-state index contributed by atoms with van der Waals surface area (Å²) in [7, 11) is 0. The van der Waals surface area contributed by atoms with Gasteiger partial charge >= 0.3 is 0 Å². The number of nitrogens with one attached hydrogen (secondary N) is 1. The molecule has 1 amide bonds. The fourth-order valence-electron chi connectivity index (χ4n) is 3.58. The van der Waals surface area contributed by atoms with E-state index in [1.807, 2.05) is 48.7 Å². The number of amidine groups is 1. The normalized spacial score (nSPS) is 22.1. The molecule has 2 aromatic carbocycles. The van der Waals surface area contributed by atoms with Crippen LogP contribution in [0.1, 0.15) is 24.0 Å². The Kier molecular flexibility index (Phi) is 4.21. The molecule has 1 unspecified atom stereocenters. The minimum Gasteiger partial charge on any atom is -0.289 e. The fourth-order valence-corrected chi connectivity index (χ4v) is 4.27. The number of benzene rings is 2. The van der Waals surface area contributed by atoms with Crippen LogP contribution in [-0.4, -0.2) is 22.3 Å². The molecule has 0 bridgehead atoms. The van der Waals surface area contributed by atoms with Crippen molar-refractivity contribution in [3.63, 3.8) is 0 Å². The van der Waals surface area contributed by atoms with Gasteiger partial charge in [-0.2, -0.15) is 5.01 Å². The molecule has 0 radical (unpaired) electrons. The van der Waals surface area contributed by atoms with Crippen molar-refractivity contribution in [3.05, 3.63) is 64.7 Å². The summed E-state index contributed by atoms with van der Waals surface area (Å²) < 4.78 is 0. The number of carbonyl (C=O) groups excluding carboxylic acids is 1. The first kappa shape index (κ1) is 16.5. The monoisotopic (exact) mass is 372 g/mol. The minimum absolute atomic E-state index is 0.00792. The predicted molar refractivity (Wildman–Crippen MR) is 99.5 cm³/mol. The number of aliphatic imine (C=N–C) groups is 1. The third-order valence-electron chi connectivity index (χ3n) is 4.76. The number of fused-ring (bicyclic) bond motifs is 2. The van der Waals surface area contributed by atoms with Crippen LogP contribution >= 0.6 is 11.8 Å². The van der Waals surface area contributed by atoms with Crippen LogP contribution in [0, 0.1) is 11.6 Å². The molecule has 0 saturated carbocycles. The molecule has 0 saturated heterocycles. The zero-order chi connectivity index (χ0) is 17.4. The van der Waals surface area contributed by atoms with Crippen molar-refractivity contribution in [1.82, 2.24) is 5.01 Å². The Labute approximate surface area is 156 Å². The summed E-state index contributed by atoms with van der Waals surface area (Å²) >= 11 is 6.61. The SMILES string of the molecule is CSC1=NC2(CCCc3ccccc32)C(=O)N1Nc1ccc([ClH+])cc1. The van der Waals surface area contributed by atoms with Crippen LogP contribution in [0.3, 0.4) is 0 Å². The van der Waals surface area contributed by atoms with Gasteiger partial charge in [0.2, 0.25) is 5.02 Å². The molecule has 6 heteroatoms. The van der Waals surface area contributed by atoms with Crippen molar-refractivity contribution in [2.75, 3.05) is 11.7 Å². The van der Waals surface area contributed by atoms with Crippen molar-refractivity contribution < 1.29 is 16.4 Å². The first-order valence-electron chi connectivity index (χ1n) is 8.24. The van der Waals surface area contributed by atoms with E-state index in [1.54, 1.807) is 5.01 Å². The molecule has 1 aliphatic carbocycles. The number of nitrogens with zero attached hydrogens (tertiary/aromatic N) is 2. The molecule has 0 fully saturated rings. The molecular weight excluding hydrogens is 354 g/mol. The first-order chi connectivity index (χ1) is 12.1. The van der Waals surface area contributed by atoms with E-state index in [2.05, 4.69) is 11.5 Å². The summed E-state index contributed by atoms with van der Waals surface area (Å²) in [6, 6.07) is 15.6. The lowest BCUT2D eigenvalue weighted by Crippen LogP contribution is -2.45. The maximum atomic E-state index is 13.4. The molecule has 25 heavy (non-hydrogen) atoms. The van der Waals surface area contributed by atoms with Gasteiger partial charge in [0.05, 0.1) is 5.69 Å². The largest absolute Gasteiger partial charge is 0.289 e. The maximum absolute atomic E-state index is 13.4. The van der Waals surface area contributed by atoms with Gasteiger partial charge in [-0.25, -0.2) is 4.99 Å². The summed E-state index contributed by atoms with van der Waals surface area (Å²) in [5.74, 6) is -0.00792. The van der Waals surface area contributed by atoms with Gasteiger partial charge in [-0.1, -0.05) is 36.0 Å². The van der Waals surface area contributed by atoms with Crippen LogP contribution < -0.4 is 5.43 Å². The van der Waals surface area contributed by atoms with E-state index in [-0.39, 0.29) is 5.91 Å². The topological polar surface area (TPSA) is 44.7 Å². The van der Waals surface area contributed by atoms with Gasteiger partial charge in [0.15, 0.2) is 22.3 Å². The highest BCUT2D eigenvalue weighted by molar-refractivity contribution is 8.13. The van der Waals surface area contributed by atoms with E-state index in [9.17, 15) is 4.79 Å². The average molecular weight is 373 g/mol. The lowest BCUT2D eigenvalue weighted by atomic mass is 9.76. The fraction of sp³-hybridized carbons (Fsp3) is 0.263. The number of halogens is 1. The molecule has 1 heterocycles. The summed E-state index contributed by atoms with van der Waals surface area (Å²) in [5.41, 5.74) is 5.51. The van der Waals surface area contributed by atoms with Crippen molar-refractivity contribution >= 4 is 28.5 Å². The van der Waals surface area contributed by atoms with Gasteiger partial charge in [0, 0.05) is 12.1 Å². The number of rotatable bonds is 2. The zero-order valence-electron chi connectivity index (χ0n) is 13.9. The standard InChI is InChI=1S/C19H19ClN3OS/c1-25-18-21-19(12-4-6-13-5-2-3-7-16(13)19)17(24)23(18)22-15-10-8-14(20)9-11-15/h2-3,5,7-11,20,22H,4,6,12H2,1H3/q+1. The Morgan fingerprint density at radius 3 is 2.72 bits per heavy atom. The van der Waals surface area contributed by atoms with Gasteiger partial charge in [-0.05, 0) is 48.8 Å². The van der Waals surface area contributed by atoms with Crippen LogP contribution in [0.5, 0.6) is 0 Å². The minimum atomic E-state index is -0.794. The highest BCUT2D eigenvalue weighted by Gasteiger charge is 2.51. The number of amides is 1. The van der Waals surface area contributed by atoms with Crippen LogP contribution in [0.25, 0.3) is 0 Å². The van der Waals surface area contributed by atoms with Crippen molar-refractivity contribution in [2.24, 2.45) is 4.99 Å². The van der Waals surface area contributed by atoms with Crippen molar-refractivity contribution in [1.29, 1.82) is 0 Å². The van der Waals surface area contributed by atoms with Gasteiger partial charge in [-0.3, -0.25) is 10.2 Å². The lowest BCUT2D eigenvalue weighted by Gasteiger charge is -2.32. The summed E-state index contributed by atoms with van der Waals surface area (Å²) in [4.78, 5) is 18.3. The number of hydrogen-bond acceptors (Lipinski definition) is 4. The molecular formula is C19H19ClN3OS+. The smallest absolute Gasteiger partial charge is 0.280 e. The Morgan fingerprint density at radius 1 is 1.20 bits per heavy atom. The molecule has 1 aliphatic heterocycles. The lowest BCUT2D eigenvalue weighted by molar-refractivity contribution is -0.288. The third kappa shape index (κ3) is 2.71. The average Bonchev–Trinajstić information content (AvgIpc) is 2.90. The quantitative estimate of drug-likeness (QED) is 0.877. The molecule has 4 nitrogen and oxygen atoms in total. The summed E-state index contributed by atoms with van der Waals surface area (Å²) in [6.07, 6.45) is 4.66. The molecule has 128 valence electrons. The maximum Gasteiger partial charge on any atom is 0.280 e. The molecule has 1 atom stereocenters. The van der Waals surface area contributed by atoms with E-state index in [0.29, 0.717) is 5.17 Å². The molecule has 1 spiro atoms. The molecule has 2 aromatic rings. The van der Waals surface area contributed by atoms with Crippen LogP contribution in [0.15, 0.2) is 53.5 Å². The van der Waals surface area contributed by atoms with E-state index in [1.165, 1.54) is 17.3 Å². The van der Waals surface area contributed by atoms with Crippen LogP contribution in [0.4, 0.5) is 5.69 Å². The number of carbonyl (C=O) groups is 1. The number of aryl methyl sites for hydroxylation is 1. The highest BCUT2D eigenvalue weighted by Crippen LogP contribution is 2.44. The molecule has 4 rings (SSSR count). The van der Waals surface area contributed by atoms with Gasteiger partial charge in [0.1, 0.15) is 0 Å². The van der Waals surface area contributed by atoms with E-state index in [0.717, 1.165) is 35.5 Å². The summed E-state index contributed by atoms with van der Waals surface area (Å²) in [6.45, 7) is 0.